The van der Waals surface area contributed by atoms with Crippen LogP contribution in [0.5, 0.6) is 0 Å². The van der Waals surface area contributed by atoms with Gasteiger partial charge in [-0.1, -0.05) is 6.07 Å². The fraction of sp³-hybridized carbons (Fsp3) is 0.250. The zero-order valence-corrected chi connectivity index (χ0v) is 15.5. The largest absolute Gasteiger partial charge is 0.480 e. The van der Waals surface area contributed by atoms with Crippen LogP contribution in [-0.2, 0) is 4.79 Å². The number of aromatic nitrogens is 1. The highest BCUT2D eigenvalue weighted by Crippen LogP contribution is 2.12. The zero-order chi connectivity index (χ0) is 18.8. The van der Waals surface area contributed by atoms with Crippen molar-refractivity contribution in [2.45, 2.75) is 18.9 Å². The molecule has 1 aromatic heterocycles. The molecule has 0 aliphatic rings. The van der Waals surface area contributed by atoms with Gasteiger partial charge in [-0.2, -0.15) is 0 Å². The third-order valence-corrected chi connectivity index (χ3v) is 3.13. The second kappa shape index (κ2) is 16.8. The maximum atomic E-state index is 10.6. The Bertz CT molecular complexity index is 768. The van der Waals surface area contributed by atoms with E-state index in [-0.39, 0.29) is 27.9 Å². The number of nitrogens with zero attached hydrogens (tertiary/aromatic N) is 2. The first-order valence-corrected chi connectivity index (χ1v) is 7.43. The lowest BCUT2D eigenvalue weighted by Gasteiger charge is -2.03. The van der Waals surface area contributed by atoms with Gasteiger partial charge in [-0.3, -0.25) is 14.8 Å². The third kappa shape index (κ3) is 12.6. The second-order valence-electron chi connectivity index (χ2n) is 5.11. The minimum Gasteiger partial charge on any atom is -0.480 e. The number of nitrogens with two attached hydrogens (primary N) is 3. The zero-order valence-electron chi connectivity index (χ0n) is 15.5. The van der Waals surface area contributed by atoms with E-state index in [9.17, 15) is 9.59 Å². The first-order chi connectivity index (χ1) is 11.8. The van der Waals surface area contributed by atoms with Gasteiger partial charge >= 0.3 is 11.9 Å². The van der Waals surface area contributed by atoms with Crippen molar-refractivity contribution in [3.05, 3.63) is 42.1 Å². The van der Waals surface area contributed by atoms with Crippen LogP contribution in [0.2, 0.25) is 0 Å². The van der Waals surface area contributed by atoms with E-state index in [4.69, 9.17) is 27.4 Å². The molecule has 0 radical (unpaired) electrons. The summed E-state index contributed by atoms with van der Waals surface area (Å²) in [5.74, 6) is -1.90. The first kappa shape index (κ1) is 33.2. The Hall–Kier alpha value is -3.36. The molecular formula is C16H29N5O8. The number of aliphatic carboxylic acids is 1. The van der Waals surface area contributed by atoms with Crippen LogP contribution in [0.25, 0.3) is 10.9 Å². The Morgan fingerprint density at radius 3 is 2.21 bits per heavy atom. The molecule has 0 saturated carbocycles. The number of pyridine rings is 1. The number of aromatic carboxylic acids is 1. The summed E-state index contributed by atoms with van der Waals surface area (Å²) in [5, 5.41) is 18.0. The van der Waals surface area contributed by atoms with E-state index in [1.54, 1.807) is 30.5 Å². The molecule has 0 saturated heterocycles. The van der Waals surface area contributed by atoms with Gasteiger partial charge in [-0.05, 0) is 37.1 Å². The van der Waals surface area contributed by atoms with Crippen LogP contribution >= 0.6 is 0 Å². The lowest BCUT2D eigenvalue weighted by atomic mass is 10.1. The average molecular weight is 419 g/mol. The van der Waals surface area contributed by atoms with Crippen LogP contribution in [0, 0.1) is 0 Å². The first-order valence-electron chi connectivity index (χ1n) is 7.43. The minimum atomic E-state index is -1.00. The Morgan fingerprint density at radius 1 is 1.07 bits per heavy atom. The summed E-state index contributed by atoms with van der Waals surface area (Å²) < 4.78 is 0. The van der Waals surface area contributed by atoms with Gasteiger partial charge in [-0.25, -0.2) is 4.79 Å². The third-order valence-electron chi connectivity index (χ3n) is 3.13. The van der Waals surface area contributed by atoms with Gasteiger partial charge in [0, 0.05) is 18.1 Å². The number of rotatable bonds is 6. The minimum absolute atomic E-state index is 0. The normalized spacial score (nSPS) is 9.55. The summed E-state index contributed by atoms with van der Waals surface area (Å²) >= 11 is 0. The molecular weight excluding hydrogens is 390 g/mol. The molecule has 2 aromatic rings. The number of carboxylic acids is 2. The standard InChI is InChI=1S/C10H7NO2.C6H14N4O2.4H2O/c12-10(13)8-3-4-9-7(6-8)2-1-5-11-9;7-4(5(11)12)2-1-3-10-6(8)9;;;;/h1-6H,(H,12,13);4H,1-3,7H2,(H,11,12)(H4,8,9,10);4*1H2/t;4-;;;;/m.0..../s1. The number of carbonyl (C=O) groups is 2. The van der Waals surface area contributed by atoms with Gasteiger partial charge in [0.05, 0.1) is 11.1 Å². The predicted molar refractivity (Wildman–Crippen MR) is 109 cm³/mol. The van der Waals surface area contributed by atoms with Crippen LogP contribution < -0.4 is 17.2 Å². The number of aliphatic imine (C=N–C) groups is 1. The Morgan fingerprint density at radius 2 is 1.69 bits per heavy atom. The van der Waals surface area contributed by atoms with Crippen molar-refractivity contribution in [3.63, 3.8) is 0 Å². The van der Waals surface area contributed by atoms with E-state index < -0.39 is 18.0 Å². The molecule has 1 aromatic carbocycles. The number of carboxylic acid groups (broad SMARTS) is 2. The Balaban J connectivity index is -0.000000190. The molecule has 0 amide bonds. The van der Waals surface area contributed by atoms with Crippen molar-refractivity contribution in [2.75, 3.05) is 6.54 Å². The molecule has 0 aliphatic heterocycles. The SMILES string of the molecule is NC(N)=NCCC[C@H](N)C(=O)O.O.O.O.O.O=C(O)c1ccc2ncccc2c1. The van der Waals surface area contributed by atoms with Crippen molar-refractivity contribution in [2.24, 2.45) is 22.2 Å². The molecule has 0 bridgehead atoms. The molecule has 1 heterocycles. The van der Waals surface area contributed by atoms with Crippen LogP contribution in [0.15, 0.2) is 41.5 Å². The van der Waals surface area contributed by atoms with Gasteiger partial charge in [0.25, 0.3) is 0 Å². The van der Waals surface area contributed by atoms with Crippen LogP contribution in [0.4, 0.5) is 0 Å². The smallest absolute Gasteiger partial charge is 0.335 e. The van der Waals surface area contributed by atoms with E-state index >= 15 is 0 Å². The van der Waals surface area contributed by atoms with E-state index in [1.165, 1.54) is 0 Å². The Labute approximate surface area is 166 Å². The van der Waals surface area contributed by atoms with Crippen LogP contribution in [0.3, 0.4) is 0 Å². The maximum absolute atomic E-state index is 10.6. The molecule has 13 nitrogen and oxygen atoms in total. The number of hydrogen-bond acceptors (Lipinski definition) is 5. The topological polar surface area (TPSA) is 304 Å². The molecule has 0 aliphatic carbocycles. The summed E-state index contributed by atoms with van der Waals surface area (Å²) in [5.41, 5.74) is 16.4. The van der Waals surface area contributed by atoms with E-state index in [2.05, 4.69) is 9.98 Å². The van der Waals surface area contributed by atoms with Gasteiger partial charge in [0.1, 0.15) is 6.04 Å². The van der Waals surface area contributed by atoms with E-state index in [0.717, 1.165) is 10.9 Å². The van der Waals surface area contributed by atoms with Gasteiger partial charge in [0.2, 0.25) is 0 Å². The second-order valence-corrected chi connectivity index (χ2v) is 5.11. The number of fused-ring (bicyclic) bond motifs is 1. The van der Waals surface area contributed by atoms with Gasteiger partial charge < -0.3 is 49.3 Å². The monoisotopic (exact) mass is 419 g/mol. The number of guanidine groups is 1. The van der Waals surface area contributed by atoms with Crippen molar-refractivity contribution < 1.29 is 41.7 Å². The fourth-order valence-electron chi connectivity index (χ4n) is 1.85. The van der Waals surface area contributed by atoms with E-state index in [0.29, 0.717) is 24.9 Å². The van der Waals surface area contributed by atoms with Gasteiger partial charge in [-0.15, -0.1) is 0 Å². The highest BCUT2D eigenvalue weighted by molar-refractivity contribution is 5.93. The van der Waals surface area contributed by atoms with Crippen molar-refractivity contribution >= 4 is 28.8 Å². The van der Waals surface area contributed by atoms with Gasteiger partial charge in [0.15, 0.2) is 5.96 Å². The highest BCUT2D eigenvalue weighted by atomic mass is 16.4. The summed E-state index contributed by atoms with van der Waals surface area (Å²) in [6, 6.07) is 7.68. The quantitative estimate of drug-likeness (QED) is 0.183. The highest BCUT2D eigenvalue weighted by Gasteiger charge is 2.09. The Kier molecular flexibility index (Phi) is 19.2. The molecule has 0 spiro atoms. The molecule has 166 valence electrons. The summed E-state index contributed by atoms with van der Waals surface area (Å²) in [4.78, 5) is 28.6. The van der Waals surface area contributed by atoms with Crippen LogP contribution in [0.1, 0.15) is 23.2 Å². The van der Waals surface area contributed by atoms with Crippen LogP contribution in [-0.4, -0.2) is 67.6 Å². The van der Waals surface area contributed by atoms with E-state index in [1.807, 2.05) is 6.07 Å². The average Bonchev–Trinajstić information content (AvgIpc) is 2.58. The molecule has 16 N–H and O–H groups in total. The molecule has 0 fully saturated rings. The summed E-state index contributed by atoms with van der Waals surface area (Å²) in [7, 11) is 0. The maximum Gasteiger partial charge on any atom is 0.335 e. The number of hydrogen-bond donors (Lipinski definition) is 5. The molecule has 1 atom stereocenters. The number of benzene rings is 1. The molecule has 0 unspecified atom stereocenters. The summed E-state index contributed by atoms with van der Waals surface area (Å²) in [6.07, 6.45) is 2.64. The molecule has 2 rings (SSSR count). The predicted octanol–water partition coefficient (Wildman–Crippen LogP) is -2.91. The fourth-order valence-corrected chi connectivity index (χ4v) is 1.85. The molecule has 13 heteroatoms. The molecule has 29 heavy (non-hydrogen) atoms. The lowest BCUT2D eigenvalue weighted by Crippen LogP contribution is -2.30. The summed E-state index contributed by atoms with van der Waals surface area (Å²) in [6.45, 7) is 0.420. The van der Waals surface area contributed by atoms with Crippen molar-refractivity contribution in [3.8, 4) is 0 Å². The lowest BCUT2D eigenvalue weighted by molar-refractivity contribution is -0.138. The van der Waals surface area contributed by atoms with Crippen molar-refractivity contribution in [1.82, 2.24) is 4.98 Å². The van der Waals surface area contributed by atoms with Crippen molar-refractivity contribution in [1.29, 1.82) is 0 Å².